The van der Waals surface area contributed by atoms with Crippen LogP contribution in [0.1, 0.15) is 19.3 Å². The zero-order valence-corrected chi connectivity index (χ0v) is 16.3. The van der Waals surface area contributed by atoms with Gasteiger partial charge in [0.15, 0.2) is 0 Å². The molecule has 156 valence electrons. The van der Waals surface area contributed by atoms with E-state index in [0.717, 1.165) is 11.3 Å². The predicted octanol–water partition coefficient (Wildman–Crippen LogP) is 1.61. The largest absolute Gasteiger partial charge is 0.369 e. The number of nitro benzene ring substituents is 1. The van der Waals surface area contributed by atoms with Crippen molar-refractivity contribution in [3.8, 4) is 0 Å². The van der Waals surface area contributed by atoms with Crippen LogP contribution in [0.5, 0.6) is 0 Å². The van der Waals surface area contributed by atoms with Crippen LogP contribution in [0.2, 0.25) is 0 Å². The Kier molecular flexibility index (Phi) is 4.16. The summed E-state index contributed by atoms with van der Waals surface area (Å²) in [5, 5.41) is 11.8. The standard InChI is InChI=1S/C21H22N4O5/c22-19(26)11-5-7-23(8-6-11)15-4-3-14(10-16(15)25(29)30)24-20(27)17-12-1-2-13(9-12)18(17)21(24)28/h1-4,10-13,17-18H,5-9H2,(H2,22,26)/t12-,13-,17-,18-/m0/s1. The molecule has 4 aliphatic rings. The predicted molar refractivity (Wildman–Crippen MR) is 107 cm³/mol. The summed E-state index contributed by atoms with van der Waals surface area (Å²) in [4.78, 5) is 51.7. The Labute approximate surface area is 172 Å². The third-order valence-corrected chi connectivity index (χ3v) is 7.12. The van der Waals surface area contributed by atoms with Crippen molar-refractivity contribution in [3.05, 3.63) is 40.5 Å². The zero-order valence-electron chi connectivity index (χ0n) is 16.3. The number of nitrogens with zero attached hydrogens (tertiary/aromatic N) is 3. The highest BCUT2D eigenvalue weighted by atomic mass is 16.6. The number of benzene rings is 1. The quantitative estimate of drug-likeness (QED) is 0.348. The molecule has 0 spiro atoms. The van der Waals surface area contributed by atoms with E-state index in [2.05, 4.69) is 0 Å². The van der Waals surface area contributed by atoms with Crippen molar-refractivity contribution in [2.75, 3.05) is 22.9 Å². The fourth-order valence-electron chi connectivity index (χ4n) is 5.63. The highest BCUT2D eigenvalue weighted by molar-refractivity contribution is 6.23. The molecule has 5 rings (SSSR count). The van der Waals surface area contributed by atoms with E-state index in [4.69, 9.17) is 5.73 Å². The number of rotatable bonds is 4. The van der Waals surface area contributed by atoms with Gasteiger partial charge >= 0.3 is 0 Å². The fourth-order valence-corrected chi connectivity index (χ4v) is 5.63. The van der Waals surface area contributed by atoms with Gasteiger partial charge in [-0.2, -0.15) is 0 Å². The lowest BCUT2D eigenvalue weighted by molar-refractivity contribution is -0.384. The Morgan fingerprint density at radius 3 is 2.20 bits per heavy atom. The smallest absolute Gasteiger partial charge is 0.294 e. The van der Waals surface area contributed by atoms with Crippen LogP contribution in [0.3, 0.4) is 0 Å². The maximum atomic E-state index is 13.0. The van der Waals surface area contributed by atoms with Crippen molar-refractivity contribution in [2.45, 2.75) is 19.3 Å². The Morgan fingerprint density at radius 2 is 1.67 bits per heavy atom. The summed E-state index contributed by atoms with van der Waals surface area (Å²) in [6.45, 7) is 0.961. The second kappa shape index (κ2) is 6.65. The van der Waals surface area contributed by atoms with E-state index in [1.807, 2.05) is 17.1 Å². The number of imide groups is 1. The van der Waals surface area contributed by atoms with Crippen LogP contribution in [0.25, 0.3) is 0 Å². The lowest BCUT2D eigenvalue weighted by atomic mass is 9.85. The monoisotopic (exact) mass is 410 g/mol. The molecule has 9 heteroatoms. The van der Waals surface area contributed by atoms with Gasteiger partial charge in [-0.3, -0.25) is 24.5 Å². The van der Waals surface area contributed by atoms with Crippen molar-refractivity contribution >= 4 is 34.8 Å². The van der Waals surface area contributed by atoms with Crippen LogP contribution in [0.4, 0.5) is 17.1 Å². The molecule has 0 aromatic heterocycles. The van der Waals surface area contributed by atoms with Gasteiger partial charge < -0.3 is 10.6 Å². The van der Waals surface area contributed by atoms with Crippen LogP contribution in [-0.4, -0.2) is 35.7 Å². The van der Waals surface area contributed by atoms with E-state index >= 15 is 0 Å². The molecule has 0 unspecified atom stereocenters. The van der Waals surface area contributed by atoms with Crippen LogP contribution in [0.15, 0.2) is 30.4 Å². The van der Waals surface area contributed by atoms with Gasteiger partial charge in [0.2, 0.25) is 17.7 Å². The topological polar surface area (TPSA) is 127 Å². The molecule has 2 aliphatic heterocycles. The van der Waals surface area contributed by atoms with E-state index in [0.29, 0.717) is 31.6 Å². The number of primary amides is 1. The third-order valence-electron chi connectivity index (χ3n) is 7.12. The van der Waals surface area contributed by atoms with Gasteiger partial charge in [-0.1, -0.05) is 12.2 Å². The van der Waals surface area contributed by atoms with Gasteiger partial charge in [0.25, 0.3) is 5.69 Å². The highest BCUT2D eigenvalue weighted by Crippen LogP contribution is 2.53. The first-order valence-electron chi connectivity index (χ1n) is 10.3. The molecule has 3 fully saturated rings. The maximum absolute atomic E-state index is 13.0. The van der Waals surface area contributed by atoms with Crippen molar-refractivity contribution < 1.29 is 19.3 Å². The first-order valence-corrected chi connectivity index (χ1v) is 10.3. The number of carbonyl (C=O) groups excluding carboxylic acids is 3. The van der Waals surface area contributed by atoms with E-state index in [1.54, 1.807) is 12.1 Å². The molecule has 1 saturated carbocycles. The van der Waals surface area contributed by atoms with Gasteiger partial charge in [0.05, 0.1) is 22.4 Å². The first kappa shape index (κ1) is 18.8. The van der Waals surface area contributed by atoms with Crippen molar-refractivity contribution in [3.63, 3.8) is 0 Å². The van der Waals surface area contributed by atoms with Gasteiger partial charge in [0, 0.05) is 25.1 Å². The van der Waals surface area contributed by atoms with Crippen molar-refractivity contribution in [1.29, 1.82) is 0 Å². The molecule has 30 heavy (non-hydrogen) atoms. The molecular weight excluding hydrogens is 388 g/mol. The molecule has 9 nitrogen and oxygen atoms in total. The number of fused-ring (bicyclic) bond motifs is 5. The van der Waals surface area contributed by atoms with Gasteiger partial charge in [-0.05, 0) is 43.2 Å². The molecule has 1 aromatic rings. The minimum atomic E-state index is -0.490. The van der Waals surface area contributed by atoms with E-state index in [9.17, 15) is 24.5 Å². The number of nitrogens with two attached hydrogens (primary N) is 1. The van der Waals surface area contributed by atoms with Gasteiger partial charge in [0.1, 0.15) is 5.69 Å². The third kappa shape index (κ3) is 2.64. The molecule has 1 aromatic carbocycles. The number of hydrogen-bond acceptors (Lipinski definition) is 6. The second-order valence-corrected chi connectivity index (χ2v) is 8.61. The highest BCUT2D eigenvalue weighted by Gasteiger charge is 2.59. The number of allylic oxidation sites excluding steroid dienone is 2. The Balaban J connectivity index is 1.44. The molecule has 3 amide bonds. The van der Waals surface area contributed by atoms with Crippen LogP contribution in [0, 0.1) is 39.7 Å². The minimum absolute atomic E-state index is 0.0854. The number of amides is 3. The summed E-state index contributed by atoms with van der Waals surface area (Å²) in [5.74, 6) is -1.61. The molecule has 0 radical (unpaired) electrons. The number of piperidine rings is 1. The van der Waals surface area contributed by atoms with Gasteiger partial charge in [-0.15, -0.1) is 0 Å². The summed E-state index contributed by atoms with van der Waals surface area (Å²) in [5.41, 5.74) is 5.89. The number of hydrogen-bond donors (Lipinski definition) is 1. The van der Waals surface area contributed by atoms with E-state index < -0.39 is 4.92 Å². The summed E-state index contributed by atoms with van der Waals surface area (Å²) in [7, 11) is 0. The molecule has 4 atom stereocenters. The molecular formula is C21H22N4O5. The Morgan fingerprint density at radius 1 is 1.07 bits per heavy atom. The molecule has 2 aliphatic carbocycles. The SMILES string of the molecule is NC(=O)C1CCN(c2ccc(N3C(=O)[C@@H]4[C@@H](C3=O)[C@H]3C=C[C@H]4C3)cc2[N+](=O)[O-])CC1. The van der Waals surface area contributed by atoms with Crippen LogP contribution in [-0.2, 0) is 14.4 Å². The molecule has 2 heterocycles. The van der Waals surface area contributed by atoms with Crippen molar-refractivity contribution in [1.82, 2.24) is 0 Å². The van der Waals surface area contributed by atoms with Crippen LogP contribution < -0.4 is 15.5 Å². The first-order chi connectivity index (χ1) is 14.4. The average molecular weight is 410 g/mol. The fraction of sp³-hybridized carbons (Fsp3) is 0.476. The average Bonchev–Trinajstić information content (AvgIpc) is 3.41. The van der Waals surface area contributed by atoms with Crippen molar-refractivity contribution in [2.24, 2.45) is 35.3 Å². The lowest BCUT2D eigenvalue weighted by Gasteiger charge is -2.32. The number of nitro groups is 1. The van der Waals surface area contributed by atoms with E-state index in [-0.39, 0.29) is 58.7 Å². The maximum Gasteiger partial charge on any atom is 0.294 e. The Hall–Kier alpha value is -3.23. The summed E-state index contributed by atoms with van der Waals surface area (Å²) in [6.07, 6.45) is 5.94. The second-order valence-electron chi connectivity index (χ2n) is 8.61. The van der Waals surface area contributed by atoms with Gasteiger partial charge in [-0.25, -0.2) is 4.90 Å². The lowest BCUT2D eigenvalue weighted by Crippen LogP contribution is -2.39. The molecule has 2 N–H and O–H groups in total. The molecule has 2 bridgehead atoms. The van der Waals surface area contributed by atoms with Crippen LogP contribution >= 0.6 is 0 Å². The summed E-state index contributed by atoms with van der Waals surface area (Å²) >= 11 is 0. The summed E-state index contributed by atoms with van der Waals surface area (Å²) in [6, 6.07) is 4.52. The normalized spacial score (nSPS) is 30.3. The summed E-state index contributed by atoms with van der Waals surface area (Å²) < 4.78 is 0. The zero-order chi connectivity index (χ0) is 21.2. The number of anilines is 2. The van der Waals surface area contributed by atoms with E-state index in [1.165, 1.54) is 6.07 Å². The minimum Gasteiger partial charge on any atom is -0.369 e. The molecule has 2 saturated heterocycles. The number of carbonyl (C=O) groups is 3. The Bertz CT molecular complexity index is 967.